The highest BCUT2D eigenvalue weighted by molar-refractivity contribution is 5.78. The van der Waals surface area contributed by atoms with Gasteiger partial charge in [0.15, 0.2) is 0 Å². The van der Waals surface area contributed by atoms with E-state index in [1.54, 1.807) is 46.6 Å². The zero-order valence-electron chi connectivity index (χ0n) is 14.1. The summed E-state index contributed by atoms with van der Waals surface area (Å²) in [4.78, 5) is 31.2. The number of hydrogen-bond acceptors (Lipinski definition) is 4. The lowest BCUT2D eigenvalue weighted by molar-refractivity contribution is 0.0890. The van der Waals surface area contributed by atoms with E-state index < -0.39 is 0 Å². The van der Waals surface area contributed by atoms with Gasteiger partial charge in [0.2, 0.25) is 11.8 Å². The van der Waals surface area contributed by atoms with Crippen molar-refractivity contribution in [2.24, 2.45) is 0 Å². The van der Waals surface area contributed by atoms with Gasteiger partial charge < -0.3 is 0 Å². The first kappa shape index (κ1) is 18.1. The largest absolute Gasteiger partial charge is 0.276 e. The second kappa shape index (κ2) is 10.5. The Morgan fingerprint density at radius 3 is 1.33 bits per heavy atom. The summed E-state index contributed by atoms with van der Waals surface area (Å²) < 4.78 is 3.09. The minimum Gasteiger partial charge on any atom is -0.276 e. The molecule has 0 atom stereocenters. The van der Waals surface area contributed by atoms with Crippen LogP contribution in [0.1, 0.15) is 73.8 Å². The van der Waals surface area contributed by atoms with E-state index in [2.05, 4.69) is 9.97 Å². The summed E-state index contributed by atoms with van der Waals surface area (Å²) in [5, 5.41) is 0. The zero-order valence-corrected chi connectivity index (χ0v) is 14.1. The minimum atomic E-state index is 0.120. The lowest BCUT2D eigenvalue weighted by atomic mass is 10.1. The Morgan fingerprint density at radius 1 is 0.625 bits per heavy atom. The van der Waals surface area contributed by atoms with Crippen LogP contribution in [0, 0.1) is 0 Å². The predicted molar refractivity (Wildman–Crippen MR) is 91.9 cm³/mol. The Kier molecular flexibility index (Phi) is 7.93. The normalized spacial score (nSPS) is 10.8. The topological polar surface area (TPSA) is 69.8 Å². The molecule has 2 aromatic rings. The lowest BCUT2D eigenvalue weighted by Crippen LogP contribution is -2.07. The average molecular weight is 330 g/mol. The van der Waals surface area contributed by atoms with Gasteiger partial charge in [-0.2, -0.15) is 0 Å². The maximum absolute atomic E-state index is 11.7. The van der Waals surface area contributed by atoms with Crippen molar-refractivity contribution in [3.63, 3.8) is 0 Å². The van der Waals surface area contributed by atoms with Crippen LogP contribution in [0.5, 0.6) is 0 Å². The molecule has 0 aliphatic carbocycles. The van der Waals surface area contributed by atoms with E-state index >= 15 is 0 Å². The van der Waals surface area contributed by atoms with Gasteiger partial charge in [-0.3, -0.25) is 18.7 Å². The van der Waals surface area contributed by atoms with E-state index in [4.69, 9.17) is 0 Å². The number of rotatable bonds is 11. The van der Waals surface area contributed by atoms with Crippen molar-refractivity contribution in [1.29, 1.82) is 0 Å². The smallest absolute Gasteiger partial charge is 0.231 e. The maximum atomic E-state index is 11.7. The second-order valence-corrected chi connectivity index (χ2v) is 6.06. The fourth-order valence-corrected chi connectivity index (χ4v) is 2.68. The summed E-state index contributed by atoms with van der Waals surface area (Å²) in [5.41, 5.74) is 0. The molecule has 0 amide bonds. The molecule has 2 rings (SSSR count). The molecular weight excluding hydrogens is 304 g/mol. The molecule has 2 aromatic heterocycles. The first-order valence-electron chi connectivity index (χ1n) is 8.79. The Balaban J connectivity index is 1.38. The van der Waals surface area contributed by atoms with Crippen LogP contribution in [0.2, 0.25) is 0 Å². The number of carbonyl (C=O) groups is 2. The van der Waals surface area contributed by atoms with Crippen molar-refractivity contribution < 1.29 is 9.59 Å². The Bertz CT molecular complexity index is 536. The van der Waals surface area contributed by atoms with Gasteiger partial charge in [0.05, 0.1) is 0 Å². The number of carbonyl (C=O) groups excluding carboxylic acids is 2. The zero-order chi connectivity index (χ0) is 17.0. The second-order valence-electron chi connectivity index (χ2n) is 6.06. The molecule has 0 saturated carbocycles. The highest BCUT2D eigenvalue weighted by atomic mass is 16.2. The van der Waals surface area contributed by atoms with Gasteiger partial charge >= 0.3 is 0 Å². The van der Waals surface area contributed by atoms with Crippen LogP contribution in [-0.2, 0) is 0 Å². The van der Waals surface area contributed by atoms with Crippen molar-refractivity contribution in [1.82, 2.24) is 19.1 Å². The van der Waals surface area contributed by atoms with Crippen LogP contribution in [-0.4, -0.2) is 30.9 Å². The first-order valence-corrected chi connectivity index (χ1v) is 8.79. The molecule has 0 radical (unpaired) electrons. The molecule has 0 saturated heterocycles. The summed E-state index contributed by atoms with van der Waals surface area (Å²) in [5.74, 6) is 0.241. The third-order valence-electron chi connectivity index (χ3n) is 4.12. The van der Waals surface area contributed by atoms with E-state index in [1.807, 2.05) is 0 Å². The van der Waals surface area contributed by atoms with Gasteiger partial charge in [-0.05, 0) is 12.8 Å². The van der Waals surface area contributed by atoms with Crippen LogP contribution in [0.15, 0.2) is 37.4 Å². The number of hydrogen-bond donors (Lipinski definition) is 0. The van der Waals surface area contributed by atoms with Gasteiger partial charge in [-0.25, -0.2) is 9.97 Å². The van der Waals surface area contributed by atoms with Gasteiger partial charge in [0.1, 0.15) is 12.7 Å². The molecule has 0 aliphatic rings. The van der Waals surface area contributed by atoms with Crippen molar-refractivity contribution in [2.75, 3.05) is 0 Å². The quantitative estimate of drug-likeness (QED) is 0.585. The van der Waals surface area contributed by atoms with Gasteiger partial charge in [-0.1, -0.05) is 38.5 Å². The molecule has 0 fully saturated rings. The highest BCUT2D eigenvalue weighted by Gasteiger charge is 2.04. The maximum Gasteiger partial charge on any atom is 0.231 e. The number of imidazole rings is 2. The van der Waals surface area contributed by atoms with Crippen LogP contribution in [0.4, 0.5) is 0 Å². The summed E-state index contributed by atoms with van der Waals surface area (Å²) in [6.07, 6.45) is 19.8. The standard InChI is InChI=1S/C18H26N4O2/c23-17(21-13-11-19-15-21)9-7-5-3-1-2-4-6-8-10-18(24)22-14-12-20-16-22/h11-16H,1-10H2. The van der Waals surface area contributed by atoms with Crippen molar-refractivity contribution in [3.8, 4) is 0 Å². The monoisotopic (exact) mass is 330 g/mol. The molecule has 0 spiro atoms. The molecular formula is C18H26N4O2. The van der Waals surface area contributed by atoms with E-state index in [-0.39, 0.29) is 11.8 Å². The van der Waals surface area contributed by atoms with E-state index in [1.165, 1.54) is 25.7 Å². The van der Waals surface area contributed by atoms with Gasteiger partial charge in [-0.15, -0.1) is 0 Å². The molecule has 2 heterocycles. The molecule has 6 nitrogen and oxygen atoms in total. The lowest BCUT2D eigenvalue weighted by Gasteiger charge is -2.03. The minimum absolute atomic E-state index is 0.120. The molecule has 0 bridgehead atoms. The summed E-state index contributed by atoms with van der Waals surface area (Å²) in [6, 6.07) is 0. The van der Waals surface area contributed by atoms with Crippen molar-refractivity contribution in [3.05, 3.63) is 37.4 Å². The van der Waals surface area contributed by atoms with Crippen LogP contribution in [0.3, 0.4) is 0 Å². The Hall–Kier alpha value is -2.24. The Labute approximate surface area is 142 Å². The van der Waals surface area contributed by atoms with Crippen LogP contribution >= 0.6 is 0 Å². The molecule has 0 unspecified atom stereocenters. The summed E-state index contributed by atoms with van der Waals surface area (Å²) in [7, 11) is 0. The third-order valence-corrected chi connectivity index (χ3v) is 4.12. The molecule has 0 aromatic carbocycles. The molecule has 130 valence electrons. The number of unbranched alkanes of at least 4 members (excludes halogenated alkanes) is 7. The number of aromatic nitrogens is 4. The van der Waals surface area contributed by atoms with Gasteiger partial charge in [0.25, 0.3) is 0 Å². The van der Waals surface area contributed by atoms with Crippen LogP contribution < -0.4 is 0 Å². The third kappa shape index (κ3) is 6.48. The molecule has 6 heteroatoms. The fourth-order valence-electron chi connectivity index (χ4n) is 2.68. The summed E-state index contributed by atoms with van der Waals surface area (Å²) >= 11 is 0. The molecule has 24 heavy (non-hydrogen) atoms. The van der Waals surface area contributed by atoms with Gasteiger partial charge in [0, 0.05) is 37.6 Å². The highest BCUT2D eigenvalue weighted by Crippen LogP contribution is 2.11. The fraction of sp³-hybridized carbons (Fsp3) is 0.556. The van der Waals surface area contributed by atoms with E-state index in [9.17, 15) is 9.59 Å². The van der Waals surface area contributed by atoms with E-state index in [0.717, 1.165) is 25.7 Å². The van der Waals surface area contributed by atoms with Crippen molar-refractivity contribution in [2.45, 2.75) is 64.2 Å². The average Bonchev–Trinajstić information content (AvgIpc) is 3.29. The number of nitrogens with zero attached hydrogens (tertiary/aromatic N) is 4. The SMILES string of the molecule is O=C(CCCCCCCCCCC(=O)n1ccnc1)n1ccnc1. The van der Waals surface area contributed by atoms with Crippen molar-refractivity contribution >= 4 is 11.8 Å². The van der Waals surface area contributed by atoms with E-state index in [0.29, 0.717) is 12.8 Å². The predicted octanol–water partition coefficient (Wildman–Crippen LogP) is 3.96. The first-order chi connectivity index (χ1) is 11.8. The Morgan fingerprint density at radius 2 is 1.00 bits per heavy atom. The summed E-state index contributed by atoms with van der Waals surface area (Å²) in [6.45, 7) is 0. The molecule has 0 N–H and O–H groups in total. The molecule has 0 aliphatic heterocycles. The van der Waals surface area contributed by atoms with Crippen LogP contribution in [0.25, 0.3) is 0 Å².